The van der Waals surface area contributed by atoms with Crippen LogP contribution in [0.3, 0.4) is 0 Å². The fraction of sp³-hybridized carbons (Fsp3) is 0.263. The fourth-order valence-corrected chi connectivity index (χ4v) is 3.79. The van der Waals surface area contributed by atoms with Gasteiger partial charge in [-0.05, 0) is 25.0 Å². The van der Waals surface area contributed by atoms with Crippen molar-refractivity contribution in [1.29, 1.82) is 0 Å². The lowest BCUT2D eigenvalue weighted by atomic mass is 10.0. The van der Waals surface area contributed by atoms with Gasteiger partial charge in [0.25, 0.3) is 5.91 Å². The van der Waals surface area contributed by atoms with Crippen molar-refractivity contribution in [2.45, 2.75) is 24.7 Å². The van der Waals surface area contributed by atoms with E-state index in [-0.39, 0.29) is 11.7 Å². The van der Waals surface area contributed by atoms with Crippen molar-refractivity contribution in [2.24, 2.45) is 0 Å². The lowest BCUT2D eigenvalue weighted by molar-refractivity contribution is 0.0951. The van der Waals surface area contributed by atoms with Crippen LogP contribution in [0.1, 0.15) is 38.3 Å². The number of ketones is 1. The van der Waals surface area contributed by atoms with Gasteiger partial charge in [0.05, 0.1) is 5.56 Å². The number of aryl methyl sites for hydroxylation is 1. The molecule has 1 amide bonds. The van der Waals surface area contributed by atoms with E-state index >= 15 is 0 Å². The molecule has 0 fully saturated rings. The minimum atomic E-state index is -0.101. The van der Waals surface area contributed by atoms with E-state index in [1.165, 1.54) is 11.1 Å². The monoisotopic (exact) mass is 325 g/mol. The van der Waals surface area contributed by atoms with Gasteiger partial charge in [0.2, 0.25) is 0 Å². The fourth-order valence-electron chi connectivity index (χ4n) is 2.64. The molecule has 3 rings (SSSR count). The van der Waals surface area contributed by atoms with Crippen LogP contribution >= 0.6 is 11.8 Å². The topological polar surface area (TPSA) is 46.2 Å². The van der Waals surface area contributed by atoms with Crippen molar-refractivity contribution < 1.29 is 9.59 Å². The lowest BCUT2D eigenvalue weighted by Crippen LogP contribution is -2.27. The summed E-state index contributed by atoms with van der Waals surface area (Å²) in [4.78, 5) is 25.2. The van der Waals surface area contributed by atoms with Crippen LogP contribution in [0.2, 0.25) is 0 Å². The highest BCUT2D eigenvalue weighted by Gasteiger charge is 2.22. The molecule has 1 aliphatic heterocycles. The third-order valence-electron chi connectivity index (χ3n) is 3.96. The van der Waals surface area contributed by atoms with Crippen LogP contribution < -0.4 is 5.32 Å². The summed E-state index contributed by atoms with van der Waals surface area (Å²) in [6.07, 6.45) is 1.35. The first kappa shape index (κ1) is 15.8. The van der Waals surface area contributed by atoms with E-state index in [0.717, 1.165) is 17.1 Å². The van der Waals surface area contributed by atoms with Gasteiger partial charge in [0.1, 0.15) is 0 Å². The van der Waals surface area contributed by atoms with Gasteiger partial charge in [-0.25, -0.2) is 0 Å². The molecule has 1 heterocycles. The Hall–Kier alpha value is -2.07. The second-order valence-electron chi connectivity index (χ2n) is 5.70. The molecular formula is C19H19NO2S. The van der Waals surface area contributed by atoms with Gasteiger partial charge in [-0.1, -0.05) is 42.0 Å². The van der Waals surface area contributed by atoms with Crippen molar-refractivity contribution >= 4 is 23.5 Å². The van der Waals surface area contributed by atoms with E-state index in [2.05, 4.69) is 36.5 Å². The highest BCUT2D eigenvalue weighted by atomic mass is 32.2. The number of rotatable bonds is 4. The summed E-state index contributed by atoms with van der Waals surface area (Å²) in [5.41, 5.74) is 3.74. The van der Waals surface area contributed by atoms with Gasteiger partial charge in [0, 0.05) is 29.2 Å². The second-order valence-corrected chi connectivity index (χ2v) is 6.80. The zero-order valence-corrected chi connectivity index (χ0v) is 13.9. The van der Waals surface area contributed by atoms with Crippen LogP contribution in [0.4, 0.5) is 0 Å². The van der Waals surface area contributed by atoms with Crippen LogP contribution in [0.25, 0.3) is 0 Å². The Morgan fingerprint density at radius 3 is 2.74 bits per heavy atom. The smallest absolute Gasteiger partial charge is 0.252 e. The van der Waals surface area contributed by atoms with Crippen LogP contribution in [0.5, 0.6) is 0 Å². The highest BCUT2D eigenvalue weighted by molar-refractivity contribution is 7.99. The maximum Gasteiger partial charge on any atom is 0.252 e. The molecule has 0 unspecified atom stereocenters. The van der Waals surface area contributed by atoms with Crippen molar-refractivity contribution in [2.75, 3.05) is 12.3 Å². The Labute approximate surface area is 140 Å². The van der Waals surface area contributed by atoms with Gasteiger partial charge in [-0.3, -0.25) is 9.59 Å². The van der Waals surface area contributed by atoms with Crippen molar-refractivity contribution in [3.05, 3.63) is 64.7 Å². The number of fused-ring (bicyclic) bond motifs is 1. The second kappa shape index (κ2) is 7.01. The van der Waals surface area contributed by atoms with Crippen LogP contribution in [0, 0.1) is 6.92 Å². The quantitative estimate of drug-likeness (QED) is 0.933. The summed E-state index contributed by atoms with van der Waals surface area (Å²) in [5.74, 6) is 0.781. The predicted octanol–water partition coefficient (Wildman–Crippen LogP) is 3.65. The number of benzene rings is 2. The molecule has 0 aliphatic carbocycles. The zero-order valence-electron chi connectivity index (χ0n) is 13.1. The summed E-state index contributed by atoms with van der Waals surface area (Å²) >= 11 is 1.60. The predicted molar refractivity (Wildman–Crippen MR) is 93.3 cm³/mol. The molecule has 0 saturated heterocycles. The Kier molecular flexibility index (Phi) is 4.82. The maximum absolute atomic E-state index is 12.4. The van der Waals surface area contributed by atoms with E-state index in [0.29, 0.717) is 24.1 Å². The lowest BCUT2D eigenvalue weighted by Gasteiger charge is -2.17. The molecule has 0 bridgehead atoms. The summed E-state index contributed by atoms with van der Waals surface area (Å²) in [6.45, 7) is 2.65. The van der Waals surface area contributed by atoms with Crippen molar-refractivity contribution in [3.8, 4) is 0 Å². The number of carbonyl (C=O) groups excluding carboxylic acids is 2. The van der Waals surface area contributed by atoms with Gasteiger partial charge < -0.3 is 5.32 Å². The maximum atomic E-state index is 12.4. The average Bonchev–Trinajstić information content (AvgIpc) is 2.56. The largest absolute Gasteiger partial charge is 0.352 e. The van der Waals surface area contributed by atoms with Gasteiger partial charge in [0.15, 0.2) is 5.78 Å². The number of nitrogens with one attached hydrogen (secondary N) is 1. The van der Waals surface area contributed by atoms with Crippen molar-refractivity contribution in [3.63, 3.8) is 0 Å². The molecule has 4 heteroatoms. The van der Waals surface area contributed by atoms with Crippen LogP contribution in [-0.4, -0.2) is 24.0 Å². The minimum Gasteiger partial charge on any atom is -0.352 e. The normalized spacial score (nSPS) is 13.5. The third-order valence-corrected chi connectivity index (χ3v) is 5.09. The molecule has 1 aliphatic rings. The minimum absolute atomic E-state index is 0.101. The Morgan fingerprint density at radius 1 is 1.17 bits per heavy atom. The molecule has 23 heavy (non-hydrogen) atoms. The van der Waals surface area contributed by atoms with E-state index in [1.807, 2.05) is 6.07 Å². The van der Waals surface area contributed by atoms with E-state index < -0.39 is 0 Å². The summed E-state index contributed by atoms with van der Waals surface area (Å²) < 4.78 is 0. The van der Waals surface area contributed by atoms with E-state index in [9.17, 15) is 9.59 Å². The SMILES string of the molecule is Cc1ccc(CCNC(=O)c2cccc3c2SCCC3=O)cc1. The number of amides is 1. The van der Waals surface area contributed by atoms with Crippen molar-refractivity contribution in [1.82, 2.24) is 5.32 Å². The Balaban J connectivity index is 1.66. The first-order valence-electron chi connectivity index (χ1n) is 7.78. The number of carbonyl (C=O) groups is 2. The molecule has 118 valence electrons. The highest BCUT2D eigenvalue weighted by Crippen LogP contribution is 2.32. The molecule has 0 spiro atoms. The molecular weight excluding hydrogens is 306 g/mol. The first-order valence-corrected chi connectivity index (χ1v) is 8.76. The Morgan fingerprint density at radius 2 is 1.96 bits per heavy atom. The summed E-state index contributed by atoms with van der Waals surface area (Å²) in [6, 6.07) is 13.7. The standard InChI is InChI=1S/C19H19NO2S/c1-13-5-7-14(8-6-13)9-11-20-19(22)16-4-2-3-15-17(21)10-12-23-18(15)16/h2-8H,9-12H2,1H3,(H,20,22). The van der Waals surface area contributed by atoms with Gasteiger partial charge in [-0.15, -0.1) is 11.8 Å². The Bertz CT molecular complexity index is 738. The average molecular weight is 325 g/mol. The molecule has 3 nitrogen and oxygen atoms in total. The van der Waals surface area contributed by atoms with E-state index in [4.69, 9.17) is 0 Å². The molecule has 0 saturated carbocycles. The number of thioether (sulfide) groups is 1. The first-order chi connectivity index (χ1) is 11.1. The van der Waals surface area contributed by atoms with E-state index in [1.54, 1.807) is 23.9 Å². The molecule has 1 N–H and O–H groups in total. The molecule has 0 atom stereocenters. The zero-order chi connectivity index (χ0) is 16.2. The van der Waals surface area contributed by atoms with Gasteiger partial charge in [-0.2, -0.15) is 0 Å². The molecule has 0 aromatic heterocycles. The van der Waals surface area contributed by atoms with Crippen LogP contribution in [-0.2, 0) is 6.42 Å². The molecule has 2 aromatic rings. The summed E-state index contributed by atoms with van der Waals surface area (Å²) in [7, 11) is 0. The molecule has 0 radical (unpaired) electrons. The number of Topliss-reactive ketones (excluding diaryl/α,β-unsaturated/α-hetero) is 1. The summed E-state index contributed by atoms with van der Waals surface area (Å²) in [5, 5.41) is 2.96. The van der Waals surface area contributed by atoms with Gasteiger partial charge >= 0.3 is 0 Å². The number of hydrogen-bond donors (Lipinski definition) is 1. The number of hydrogen-bond acceptors (Lipinski definition) is 3. The van der Waals surface area contributed by atoms with Crippen LogP contribution in [0.15, 0.2) is 47.4 Å². The third kappa shape index (κ3) is 3.64. The molecule has 2 aromatic carbocycles.